The molecule has 0 radical (unpaired) electrons. The third-order valence-electron chi connectivity index (χ3n) is 6.87. The van der Waals surface area contributed by atoms with Crippen LogP contribution in [0.15, 0.2) is 16.6 Å². The molecule has 1 amide bonds. The molecular weight excluding hydrogens is 481 g/mol. The lowest BCUT2D eigenvalue weighted by Crippen LogP contribution is -2.53. The molecule has 2 aliphatic rings. The minimum absolute atomic E-state index is 0.0210. The molecule has 180 valence electrons. The number of halogens is 2. The average molecular weight is 516 g/mol. The van der Waals surface area contributed by atoms with Crippen molar-refractivity contribution in [3.8, 4) is 5.75 Å². The molecule has 1 aromatic rings. The van der Waals surface area contributed by atoms with Crippen LogP contribution < -0.4 is 15.8 Å². The maximum absolute atomic E-state index is 14.7. The summed E-state index contributed by atoms with van der Waals surface area (Å²) >= 11 is 3.38. The molecule has 4 N–H and O–H groups in total. The molecule has 1 saturated carbocycles. The third-order valence-corrected chi connectivity index (χ3v) is 7.49. The number of hydrogen-bond donors (Lipinski definition) is 3. The molecule has 2 fully saturated rings. The topological polar surface area (TPSA) is 97.1 Å². The Hall–Kier alpha value is -1.26. The van der Waals surface area contributed by atoms with Crippen LogP contribution in [0.4, 0.5) is 4.39 Å². The Kier molecular flexibility index (Phi) is 8.20. The lowest BCUT2D eigenvalue weighted by molar-refractivity contribution is -0.174. The van der Waals surface area contributed by atoms with Crippen molar-refractivity contribution >= 4 is 21.8 Å². The van der Waals surface area contributed by atoms with E-state index in [0.717, 1.165) is 19.3 Å². The van der Waals surface area contributed by atoms with Gasteiger partial charge >= 0.3 is 0 Å². The highest BCUT2D eigenvalue weighted by atomic mass is 79.9. The molecule has 0 spiro atoms. The highest BCUT2D eigenvalue weighted by molar-refractivity contribution is 9.10. The Morgan fingerprint density at radius 3 is 2.78 bits per heavy atom. The summed E-state index contributed by atoms with van der Waals surface area (Å²) in [5.41, 5.74) is 6.39. The van der Waals surface area contributed by atoms with Gasteiger partial charge in [-0.15, -0.1) is 0 Å². The van der Waals surface area contributed by atoms with Crippen molar-refractivity contribution < 1.29 is 23.9 Å². The number of nitrogens with zero attached hydrogens (tertiary/aromatic N) is 1. The highest BCUT2D eigenvalue weighted by Gasteiger charge is 2.48. The number of carbonyl (C=O) groups is 1. The van der Waals surface area contributed by atoms with Crippen molar-refractivity contribution in [1.29, 1.82) is 0 Å². The van der Waals surface area contributed by atoms with Crippen molar-refractivity contribution in [2.24, 2.45) is 23.0 Å². The van der Waals surface area contributed by atoms with Crippen LogP contribution in [0.5, 0.6) is 5.75 Å². The number of ether oxygens (including phenoxy) is 1. The summed E-state index contributed by atoms with van der Waals surface area (Å²) in [6.07, 6.45) is 2.41. The monoisotopic (exact) mass is 515 g/mol. The number of methoxy groups -OCH3 is 1. The first-order valence-electron chi connectivity index (χ1n) is 11.2. The van der Waals surface area contributed by atoms with Gasteiger partial charge in [0, 0.05) is 24.1 Å². The van der Waals surface area contributed by atoms with Crippen LogP contribution in [-0.4, -0.2) is 54.5 Å². The summed E-state index contributed by atoms with van der Waals surface area (Å²) in [7, 11) is 1.46. The third kappa shape index (κ3) is 5.28. The molecule has 7 nitrogen and oxygen atoms in total. The fourth-order valence-electron chi connectivity index (χ4n) is 5.16. The molecule has 1 aliphatic heterocycles. The number of benzene rings is 1. The molecule has 0 bridgehead atoms. The van der Waals surface area contributed by atoms with E-state index in [2.05, 4.69) is 42.0 Å². The molecule has 9 heteroatoms. The van der Waals surface area contributed by atoms with Crippen LogP contribution in [0, 0.1) is 23.1 Å². The van der Waals surface area contributed by atoms with Gasteiger partial charge in [0.2, 0.25) is 5.91 Å². The number of nitrogens with one attached hydrogen (secondary N) is 1. The number of nitrogens with two attached hydrogens (primary N) is 1. The Morgan fingerprint density at radius 2 is 2.19 bits per heavy atom. The summed E-state index contributed by atoms with van der Waals surface area (Å²) in [6, 6.07) is 2.16. The van der Waals surface area contributed by atoms with Gasteiger partial charge in [0.05, 0.1) is 30.8 Å². The second-order valence-corrected chi connectivity index (χ2v) is 10.6. The van der Waals surface area contributed by atoms with Crippen LogP contribution in [-0.2, 0) is 16.2 Å². The number of carbonyl (C=O) groups excluding carboxylic acids is 1. The van der Waals surface area contributed by atoms with Gasteiger partial charge in [-0.1, -0.05) is 20.8 Å². The average Bonchev–Trinajstić information content (AvgIpc) is 3.10. The Balaban J connectivity index is 1.84. The van der Waals surface area contributed by atoms with E-state index < -0.39 is 23.9 Å². The second kappa shape index (κ2) is 10.3. The van der Waals surface area contributed by atoms with Crippen LogP contribution in [0.1, 0.15) is 45.6 Å². The van der Waals surface area contributed by atoms with E-state index in [-0.39, 0.29) is 42.6 Å². The van der Waals surface area contributed by atoms with E-state index in [1.165, 1.54) is 18.2 Å². The van der Waals surface area contributed by atoms with Crippen LogP contribution in [0.3, 0.4) is 0 Å². The number of amides is 1. The van der Waals surface area contributed by atoms with Crippen molar-refractivity contribution in [3.63, 3.8) is 0 Å². The molecule has 4 unspecified atom stereocenters. The van der Waals surface area contributed by atoms with Gasteiger partial charge in [0.25, 0.3) is 0 Å². The first kappa shape index (κ1) is 25.4. The van der Waals surface area contributed by atoms with Gasteiger partial charge in [-0.25, -0.2) is 4.39 Å². The minimum Gasteiger partial charge on any atom is -0.495 e. The number of hydroxylamine groups is 2. The normalized spacial score (nSPS) is 30.3. The number of rotatable bonds is 7. The van der Waals surface area contributed by atoms with E-state index >= 15 is 0 Å². The molecule has 3 rings (SSSR count). The number of aliphatic hydroxyl groups is 1. The lowest BCUT2D eigenvalue weighted by Gasteiger charge is -2.40. The van der Waals surface area contributed by atoms with E-state index in [9.17, 15) is 14.3 Å². The van der Waals surface area contributed by atoms with E-state index in [0.29, 0.717) is 16.1 Å². The van der Waals surface area contributed by atoms with Crippen molar-refractivity contribution in [3.05, 3.63) is 28.0 Å². The smallest absolute Gasteiger partial charge is 0.240 e. The minimum atomic E-state index is -0.793. The molecule has 1 saturated heterocycles. The zero-order chi connectivity index (χ0) is 23.6. The van der Waals surface area contributed by atoms with Crippen LogP contribution in [0.2, 0.25) is 0 Å². The maximum atomic E-state index is 14.7. The van der Waals surface area contributed by atoms with Gasteiger partial charge in [0.15, 0.2) is 0 Å². The summed E-state index contributed by atoms with van der Waals surface area (Å²) in [5.74, 6) is -0.540. The Morgan fingerprint density at radius 1 is 1.47 bits per heavy atom. The fourth-order valence-corrected chi connectivity index (χ4v) is 5.69. The molecule has 5 atom stereocenters. The predicted octanol–water partition coefficient (Wildman–Crippen LogP) is 2.98. The zero-order valence-electron chi connectivity index (χ0n) is 19.2. The van der Waals surface area contributed by atoms with Gasteiger partial charge in [-0.2, -0.15) is 5.06 Å². The lowest BCUT2D eigenvalue weighted by atomic mass is 9.70. The Labute approximate surface area is 197 Å². The summed E-state index contributed by atoms with van der Waals surface area (Å²) in [5, 5.41) is 14.7. The van der Waals surface area contributed by atoms with E-state index in [4.69, 9.17) is 15.3 Å². The quantitative estimate of drug-likeness (QED) is 0.516. The molecule has 0 aromatic heterocycles. The zero-order valence-corrected chi connectivity index (χ0v) is 20.8. The fraction of sp³-hybridized carbons (Fsp3) is 0.696. The van der Waals surface area contributed by atoms with Crippen molar-refractivity contribution in [2.75, 3.05) is 20.3 Å². The van der Waals surface area contributed by atoms with E-state index in [1.807, 2.05) is 0 Å². The molecule has 1 aliphatic carbocycles. The first-order chi connectivity index (χ1) is 15.1. The standard InChI is InChI=1S/C23H35BrFN3O4/c1-13-9-23(2,3)8-7-18(13)27-22(30)20-15(12-29)19(10-26)32-28(20)11-14-17(25)6-5-16(24)21(14)31-4/h5-6,13,15,18-20,29H,7-12,26H2,1-4H3,(H,27,30)/t13?,15?,18-,19?,20?/m0/s1. The molecule has 1 heterocycles. The highest BCUT2D eigenvalue weighted by Crippen LogP contribution is 2.39. The van der Waals surface area contributed by atoms with Gasteiger partial charge in [-0.3, -0.25) is 9.63 Å². The molecule has 1 aromatic carbocycles. The predicted molar refractivity (Wildman–Crippen MR) is 123 cm³/mol. The van der Waals surface area contributed by atoms with Gasteiger partial charge in [-0.05, 0) is 58.7 Å². The summed E-state index contributed by atoms with van der Waals surface area (Å²) in [6.45, 7) is 6.51. The SMILES string of the molecule is COc1c(Br)ccc(F)c1CN1OC(CN)C(CO)C1C(=O)N[C@H]1CCC(C)(C)CC1C. The maximum Gasteiger partial charge on any atom is 0.240 e. The molecule has 32 heavy (non-hydrogen) atoms. The number of aliphatic hydroxyl groups excluding tert-OH is 1. The first-order valence-corrected chi connectivity index (χ1v) is 12.0. The van der Waals surface area contributed by atoms with Crippen molar-refractivity contribution in [1.82, 2.24) is 10.4 Å². The Bertz CT molecular complexity index is 825. The molecular formula is C23H35BrFN3O4. The number of hydrogen-bond acceptors (Lipinski definition) is 6. The second-order valence-electron chi connectivity index (χ2n) is 9.79. The van der Waals surface area contributed by atoms with Crippen LogP contribution >= 0.6 is 15.9 Å². The van der Waals surface area contributed by atoms with Crippen LogP contribution in [0.25, 0.3) is 0 Å². The van der Waals surface area contributed by atoms with Crippen molar-refractivity contribution in [2.45, 2.75) is 64.8 Å². The van der Waals surface area contributed by atoms with Gasteiger partial charge < -0.3 is 20.9 Å². The van der Waals surface area contributed by atoms with E-state index in [1.54, 1.807) is 6.07 Å². The largest absolute Gasteiger partial charge is 0.495 e. The summed E-state index contributed by atoms with van der Waals surface area (Å²) in [4.78, 5) is 19.4. The summed E-state index contributed by atoms with van der Waals surface area (Å²) < 4.78 is 20.7. The van der Waals surface area contributed by atoms with Gasteiger partial charge in [0.1, 0.15) is 17.6 Å².